The molecule has 4 nitrogen and oxygen atoms in total. The van der Waals surface area contributed by atoms with Gasteiger partial charge in [0.25, 0.3) is 0 Å². The number of esters is 1. The Morgan fingerprint density at radius 2 is 0.976 bits per heavy atom. The number of aliphatic carboxylic acids is 1. The number of hydrogen-bond acceptors (Lipinski definition) is 3. The van der Waals surface area contributed by atoms with Gasteiger partial charge in [-0.25, -0.2) is 0 Å². The molecule has 0 heterocycles. The number of rotatable bonds is 33. The van der Waals surface area contributed by atoms with Crippen LogP contribution in [0, 0.1) is 5.92 Å². The highest BCUT2D eigenvalue weighted by molar-refractivity contribution is 5.78. The summed E-state index contributed by atoms with van der Waals surface area (Å²) in [4.78, 5) is 23.0. The molecule has 1 unspecified atom stereocenters. The third-order valence-corrected chi connectivity index (χ3v) is 8.19. The lowest BCUT2D eigenvalue weighted by Gasteiger charge is -2.11. The number of unbranched alkanes of at least 4 members (excludes halogenated alkanes) is 24. The Balaban J connectivity index is 3.32. The van der Waals surface area contributed by atoms with Crippen molar-refractivity contribution in [2.75, 3.05) is 6.61 Å². The smallest absolute Gasteiger partial charge is 0.307 e. The second-order valence-electron chi connectivity index (χ2n) is 12.2. The molecule has 0 aromatic carbocycles. The maximum absolute atomic E-state index is 11.6. The van der Waals surface area contributed by atoms with Gasteiger partial charge in [-0.05, 0) is 32.1 Å². The van der Waals surface area contributed by atoms with Gasteiger partial charge in [0.1, 0.15) is 6.61 Å². The largest absolute Gasteiger partial charge is 0.481 e. The average Bonchev–Trinajstić information content (AvgIpc) is 2.96. The minimum atomic E-state index is -0.905. The minimum absolute atomic E-state index is 0.0466. The first-order valence-corrected chi connectivity index (χ1v) is 17.8. The Labute approximate surface area is 255 Å². The van der Waals surface area contributed by atoms with Crippen LogP contribution in [0.5, 0.6) is 0 Å². The van der Waals surface area contributed by atoms with Crippen LogP contribution >= 0.6 is 0 Å². The number of allylic oxidation sites excluding steroid dienone is 2. The molecule has 0 bridgehead atoms. The number of carboxylic acid groups (broad SMARTS) is 1. The summed E-state index contributed by atoms with van der Waals surface area (Å²) in [5.41, 5.74) is 0. The van der Waals surface area contributed by atoms with Crippen LogP contribution in [-0.2, 0) is 14.3 Å². The molecule has 0 saturated heterocycles. The zero-order chi connectivity index (χ0) is 30.1. The first-order chi connectivity index (χ1) is 20.1. The first kappa shape index (κ1) is 39.4. The van der Waals surface area contributed by atoms with E-state index in [-0.39, 0.29) is 13.0 Å². The molecule has 0 spiro atoms. The molecule has 0 aliphatic rings. The Bertz CT molecular complexity index is 612. The highest BCUT2D eigenvalue weighted by Crippen LogP contribution is 2.18. The number of carbonyl (C=O) groups excluding carboxylic acids is 1. The zero-order valence-corrected chi connectivity index (χ0v) is 27.2. The van der Waals surface area contributed by atoms with E-state index >= 15 is 0 Å². The molecule has 0 aliphatic carbocycles. The Morgan fingerprint density at radius 1 is 0.610 bits per heavy atom. The molecule has 1 N–H and O–H groups in total. The number of carbonyl (C=O) groups is 2. The van der Waals surface area contributed by atoms with Crippen molar-refractivity contribution in [2.24, 2.45) is 5.92 Å². The van der Waals surface area contributed by atoms with Crippen molar-refractivity contribution < 1.29 is 19.4 Å². The Hall–Kier alpha value is -1.58. The molecule has 0 rings (SSSR count). The van der Waals surface area contributed by atoms with Crippen LogP contribution < -0.4 is 0 Å². The van der Waals surface area contributed by atoms with Crippen molar-refractivity contribution in [3.05, 3.63) is 24.8 Å². The van der Waals surface area contributed by atoms with Crippen molar-refractivity contribution in [3.8, 4) is 0 Å². The molecule has 1 atom stereocenters. The lowest BCUT2D eigenvalue weighted by Crippen LogP contribution is -2.19. The van der Waals surface area contributed by atoms with Crippen molar-refractivity contribution in [1.82, 2.24) is 0 Å². The maximum Gasteiger partial charge on any atom is 0.307 e. The summed E-state index contributed by atoms with van der Waals surface area (Å²) in [6.07, 6.45) is 41.5. The van der Waals surface area contributed by atoms with Gasteiger partial charge in [0.05, 0.1) is 12.3 Å². The van der Waals surface area contributed by atoms with E-state index in [9.17, 15) is 14.7 Å². The van der Waals surface area contributed by atoms with Gasteiger partial charge in [0, 0.05) is 0 Å². The Morgan fingerprint density at radius 3 is 1.34 bits per heavy atom. The van der Waals surface area contributed by atoms with Gasteiger partial charge in [0.2, 0.25) is 0 Å². The van der Waals surface area contributed by atoms with E-state index < -0.39 is 17.9 Å². The van der Waals surface area contributed by atoms with Gasteiger partial charge in [0.15, 0.2) is 0 Å². The molecule has 240 valence electrons. The minimum Gasteiger partial charge on any atom is -0.481 e. The highest BCUT2D eigenvalue weighted by atomic mass is 16.5. The molecular formula is C37H68O4. The van der Waals surface area contributed by atoms with Gasteiger partial charge < -0.3 is 9.84 Å². The van der Waals surface area contributed by atoms with Gasteiger partial charge in [-0.1, -0.05) is 173 Å². The molecule has 0 saturated carbocycles. The molecule has 0 aromatic heterocycles. The monoisotopic (exact) mass is 577 g/mol. The molecule has 41 heavy (non-hydrogen) atoms. The van der Waals surface area contributed by atoms with Crippen LogP contribution in [0.4, 0.5) is 0 Å². The lowest BCUT2D eigenvalue weighted by atomic mass is 9.97. The third kappa shape index (κ3) is 31.2. The predicted octanol–water partition coefficient (Wildman–Crippen LogP) is 11.9. The van der Waals surface area contributed by atoms with Gasteiger partial charge in [-0.2, -0.15) is 0 Å². The van der Waals surface area contributed by atoms with Crippen molar-refractivity contribution in [3.63, 3.8) is 0 Å². The topological polar surface area (TPSA) is 63.6 Å². The standard InChI is InChI=1S/C37H68O4/c1-3-5-6-7-8-9-10-11-12-13-14-15-16-17-18-19-20-21-22-23-24-25-26-27-28-29-30-31-32-35(37(39)40)34-36(38)41-33-4-2/h4,23-24,35H,2-3,5-22,25-34H2,1H3,(H,39,40)/b24-23+. The molecule has 0 fully saturated rings. The van der Waals surface area contributed by atoms with E-state index in [4.69, 9.17) is 4.74 Å². The molecular weight excluding hydrogens is 508 g/mol. The van der Waals surface area contributed by atoms with E-state index in [1.807, 2.05) is 0 Å². The van der Waals surface area contributed by atoms with Crippen LogP contribution in [0.3, 0.4) is 0 Å². The summed E-state index contributed by atoms with van der Waals surface area (Å²) in [7, 11) is 0. The van der Waals surface area contributed by atoms with Crippen LogP contribution in [0.1, 0.15) is 187 Å². The molecule has 4 heteroatoms. The quantitative estimate of drug-likeness (QED) is 0.0479. The maximum atomic E-state index is 11.6. The summed E-state index contributed by atoms with van der Waals surface area (Å²) in [5.74, 6) is -2.00. The lowest BCUT2D eigenvalue weighted by molar-refractivity contribution is -0.151. The van der Waals surface area contributed by atoms with Gasteiger partial charge >= 0.3 is 11.9 Å². The highest BCUT2D eigenvalue weighted by Gasteiger charge is 2.21. The normalized spacial score (nSPS) is 12.1. The van der Waals surface area contributed by atoms with Crippen molar-refractivity contribution >= 4 is 11.9 Å². The summed E-state index contributed by atoms with van der Waals surface area (Å²) < 4.78 is 4.91. The summed E-state index contributed by atoms with van der Waals surface area (Å²) in [5, 5.41) is 9.31. The van der Waals surface area contributed by atoms with Crippen LogP contribution in [0.25, 0.3) is 0 Å². The fourth-order valence-electron chi connectivity index (χ4n) is 5.48. The van der Waals surface area contributed by atoms with E-state index in [0.717, 1.165) is 19.3 Å². The van der Waals surface area contributed by atoms with Crippen LogP contribution in [0.15, 0.2) is 24.8 Å². The number of ether oxygens (including phenoxy) is 1. The van der Waals surface area contributed by atoms with Crippen molar-refractivity contribution in [2.45, 2.75) is 187 Å². The second-order valence-corrected chi connectivity index (χ2v) is 12.2. The number of hydrogen-bond donors (Lipinski definition) is 1. The van der Waals surface area contributed by atoms with Gasteiger partial charge in [-0.3, -0.25) is 9.59 Å². The zero-order valence-electron chi connectivity index (χ0n) is 27.2. The Kier molecular flexibility index (Phi) is 31.7. The number of carboxylic acids is 1. The fourth-order valence-corrected chi connectivity index (χ4v) is 5.48. The van der Waals surface area contributed by atoms with E-state index in [0.29, 0.717) is 6.42 Å². The molecule has 0 aromatic rings. The fraction of sp³-hybridized carbons (Fsp3) is 0.838. The first-order valence-electron chi connectivity index (χ1n) is 17.8. The van der Waals surface area contributed by atoms with Crippen LogP contribution in [0.2, 0.25) is 0 Å². The summed E-state index contributed by atoms with van der Waals surface area (Å²) in [6.45, 7) is 5.92. The molecule has 0 radical (unpaired) electrons. The van der Waals surface area contributed by atoms with E-state index in [1.54, 1.807) is 0 Å². The average molecular weight is 577 g/mol. The predicted molar refractivity (Wildman–Crippen MR) is 176 cm³/mol. The summed E-state index contributed by atoms with van der Waals surface area (Å²) >= 11 is 0. The van der Waals surface area contributed by atoms with Gasteiger partial charge in [-0.15, -0.1) is 0 Å². The van der Waals surface area contributed by atoms with E-state index in [1.165, 1.54) is 154 Å². The summed E-state index contributed by atoms with van der Waals surface area (Å²) in [6, 6.07) is 0. The van der Waals surface area contributed by atoms with Crippen molar-refractivity contribution in [1.29, 1.82) is 0 Å². The third-order valence-electron chi connectivity index (χ3n) is 8.19. The van der Waals surface area contributed by atoms with E-state index in [2.05, 4.69) is 25.7 Å². The second kappa shape index (κ2) is 32.9. The molecule has 0 aliphatic heterocycles. The SMILES string of the molecule is C=CCOC(=O)CC(CCCCCCCC/C=C/CCCCCCCCCCCCCCCCCCCC)C(=O)O. The molecule has 0 amide bonds. The van der Waals surface area contributed by atoms with Crippen LogP contribution in [-0.4, -0.2) is 23.7 Å².